The number of likely N-dealkylation sites (N-methyl/N-ethyl adjacent to an activating group) is 1. The Hall–Kier alpha value is -4.43. The summed E-state index contributed by atoms with van der Waals surface area (Å²) in [4.78, 5) is 57.9. The Morgan fingerprint density at radius 3 is 2.33 bits per heavy atom. The van der Waals surface area contributed by atoms with Gasteiger partial charge in [0.25, 0.3) is 11.5 Å². The molecule has 1 heterocycles. The number of aromatic nitrogens is 2. The van der Waals surface area contributed by atoms with Gasteiger partial charge in [0, 0.05) is 30.8 Å². The molecule has 11 heteroatoms. The summed E-state index contributed by atoms with van der Waals surface area (Å²) in [5.41, 5.74) is 0.500. The van der Waals surface area contributed by atoms with E-state index in [9.17, 15) is 24.3 Å². The number of H-pyrrole nitrogens is 2. The number of anilines is 1. The summed E-state index contributed by atoms with van der Waals surface area (Å²) < 4.78 is 0.243. The first kappa shape index (κ1) is 29.1. The smallest absolute Gasteiger partial charge is 0.329 e. The third kappa shape index (κ3) is 6.35. The van der Waals surface area contributed by atoms with Gasteiger partial charge < -0.3 is 25.0 Å². The molecule has 2 aromatic carbocycles. The first-order valence-corrected chi connectivity index (χ1v) is 12.8. The van der Waals surface area contributed by atoms with Crippen molar-refractivity contribution in [3.05, 3.63) is 68.7 Å². The third-order valence-electron chi connectivity index (χ3n) is 6.75. The molecule has 0 radical (unpaired) electrons. The number of carboxylic acids is 2. The zero-order chi connectivity index (χ0) is 28.7. The summed E-state index contributed by atoms with van der Waals surface area (Å²) in [7, 11) is 0. The van der Waals surface area contributed by atoms with Crippen LogP contribution in [0.15, 0.2) is 47.3 Å². The molecule has 0 bridgehead atoms. The molecule has 1 amide bonds. The Bertz CT molecular complexity index is 1540. The van der Waals surface area contributed by atoms with Crippen LogP contribution in [0.3, 0.4) is 0 Å². The molecular formula is C28H30N4O6S. The van der Waals surface area contributed by atoms with E-state index in [1.54, 1.807) is 50.2 Å². The summed E-state index contributed by atoms with van der Waals surface area (Å²) in [5.74, 6) is -0.258. The molecule has 10 nitrogen and oxygen atoms in total. The molecule has 0 saturated carbocycles. The molecule has 1 atom stereocenters. The quantitative estimate of drug-likeness (QED) is 0.197. The SMILES string of the molecule is C#CCN(Cc1ccc2[nH]c(=S)[nH]c(=O)c2c1)c1ccc(C(=O)N(CC)[C@@](CC)(CCC(=O)O)C(=O)O)cc1. The molecule has 0 spiro atoms. The highest BCUT2D eigenvalue weighted by Crippen LogP contribution is 2.29. The van der Waals surface area contributed by atoms with Crippen molar-refractivity contribution < 1.29 is 24.6 Å². The van der Waals surface area contributed by atoms with Crippen LogP contribution in [0.4, 0.5) is 5.69 Å². The van der Waals surface area contributed by atoms with Gasteiger partial charge in [-0.05, 0) is 73.9 Å². The molecule has 0 aliphatic carbocycles. The van der Waals surface area contributed by atoms with Crippen molar-refractivity contribution in [1.29, 1.82) is 0 Å². The number of aromatic amines is 2. The number of benzene rings is 2. The number of aliphatic carboxylic acids is 2. The second kappa shape index (κ2) is 12.4. The molecule has 1 aromatic heterocycles. The van der Waals surface area contributed by atoms with E-state index >= 15 is 0 Å². The number of hydrogen-bond acceptors (Lipinski definition) is 6. The fourth-order valence-corrected chi connectivity index (χ4v) is 4.88. The van der Waals surface area contributed by atoms with Crippen molar-refractivity contribution in [2.45, 2.75) is 45.2 Å². The van der Waals surface area contributed by atoms with Crippen molar-refractivity contribution in [2.24, 2.45) is 0 Å². The third-order valence-corrected chi connectivity index (χ3v) is 6.96. The van der Waals surface area contributed by atoms with E-state index in [1.807, 2.05) is 11.0 Å². The van der Waals surface area contributed by atoms with Crippen molar-refractivity contribution >= 4 is 46.7 Å². The number of amides is 1. The molecule has 3 aromatic rings. The monoisotopic (exact) mass is 550 g/mol. The lowest BCUT2D eigenvalue weighted by atomic mass is 9.87. The molecule has 0 aliphatic heterocycles. The molecule has 39 heavy (non-hydrogen) atoms. The van der Waals surface area contributed by atoms with Gasteiger partial charge in [0.15, 0.2) is 4.77 Å². The van der Waals surface area contributed by atoms with Crippen molar-refractivity contribution in [2.75, 3.05) is 18.0 Å². The highest BCUT2D eigenvalue weighted by molar-refractivity contribution is 7.71. The van der Waals surface area contributed by atoms with Gasteiger partial charge in [-0.15, -0.1) is 6.42 Å². The summed E-state index contributed by atoms with van der Waals surface area (Å²) in [6.07, 6.45) is 5.08. The minimum absolute atomic E-state index is 0.0589. The maximum Gasteiger partial charge on any atom is 0.329 e. The standard InChI is InChI=1S/C28H30N4O6S/c1-4-15-31(17-18-7-12-22-21(16-18)24(35)30-27(39)29-22)20-10-8-19(9-11-20)25(36)32(6-3)28(5-2,26(37)38)14-13-23(33)34/h1,7-12,16H,5-6,13-15,17H2,2-3H3,(H,33,34)(H,37,38)(H2,29,30,35,39)/t28-/m0/s1. The number of carbonyl (C=O) groups excluding carboxylic acids is 1. The molecular weight excluding hydrogens is 520 g/mol. The Morgan fingerprint density at radius 1 is 1.08 bits per heavy atom. The maximum atomic E-state index is 13.4. The Morgan fingerprint density at radius 2 is 1.77 bits per heavy atom. The van der Waals surface area contributed by atoms with E-state index in [0.29, 0.717) is 17.4 Å². The number of hydrogen-bond donors (Lipinski definition) is 4. The van der Waals surface area contributed by atoms with Crippen LogP contribution in [0.25, 0.3) is 10.9 Å². The van der Waals surface area contributed by atoms with Crippen LogP contribution in [-0.2, 0) is 16.1 Å². The maximum absolute atomic E-state index is 13.4. The number of nitrogens with zero attached hydrogens (tertiary/aromatic N) is 2. The van der Waals surface area contributed by atoms with Gasteiger partial charge in [-0.1, -0.05) is 18.9 Å². The zero-order valence-corrected chi connectivity index (χ0v) is 22.5. The number of carbonyl (C=O) groups is 3. The predicted molar refractivity (Wildman–Crippen MR) is 150 cm³/mol. The van der Waals surface area contributed by atoms with Gasteiger partial charge in [-0.2, -0.15) is 0 Å². The second-order valence-electron chi connectivity index (χ2n) is 9.03. The average Bonchev–Trinajstić information content (AvgIpc) is 2.90. The molecule has 0 aliphatic rings. The molecule has 3 rings (SSSR count). The highest BCUT2D eigenvalue weighted by atomic mass is 32.1. The van der Waals surface area contributed by atoms with Crippen molar-refractivity contribution in [3.63, 3.8) is 0 Å². The molecule has 0 unspecified atom stereocenters. The zero-order valence-electron chi connectivity index (χ0n) is 21.7. The van der Waals surface area contributed by atoms with Crippen molar-refractivity contribution in [1.82, 2.24) is 14.9 Å². The molecule has 0 fully saturated rings. The number of fused-ring (bicyclic) bond motifs is 1. The Labute approximate surface area is 230 Å². The van der Waals surface area contributed by atoms with E-state index < -0.39 is 23.4 Å². The average molecular weight is 551 g/mol. The van der Waals surface area contributed by atoms with Gasteiger partial charge in [-0.25, -0.2) is 4.79 Å². The Balaban J connectivity index is 1.89. The normalized spacial score (nSPS) is 12.3. The summed E-state index contributed by atoms with van der Waals surface area (Å²) in [6.45, 7) is 4.02. The van der Waals surface area contributed by atoms with Crippen LogP contribution in [0.5, 0.6) is 0 Å². The van der Waals surface area contributed by atoms with E-state index in [2.05, 4.69) is 15.9 Å². The van der Waals surface area contributed by atoms with Crippen LogP contribution < -0.4 is 10.5 Å². The van der Waals surface area contributed by atoms with Gasteiger partial charge in [0.1, 0.15) is 5.54 Å². The largest absolute Gasteiger partial charge is 0.481 e. The minimum Gasteiger partial charge on any atom is -0.481 e. The number of carboxylic acid groups (broad SMARTS) is 2. The minimum atomic E-state index is -1.64. The van der Waals surface area contributed by atoms with Crippen LogP contribution in [0, 0.1) is 17.1 Å². The fourth-order valence-electron chi connectivity index (χ4n) is 4.68. The second-order valence-corrected chi connectivity index (χ2v) is 9.44. The Kier molecular flexibility index (Phi) is 9.27. The molecule has 0 saturated heterocycles. The van der Waals surface area contributed by atoms with E-state index in [1.165, 1.54) is 4.90 Å². The lowest BCUT2D eigenvalue weighted by molar-refractivity contribution is -0.151. The van der Waals surface area contributed by atoms with Gasteiger partial charge in [0.05, 0.1) is 17.4 Å². The van der Waals surface area contributed by atoms with E-state index in [-0.39, 0.29) is 48.2 Å². The van der Waals surface area contributed by atoms with Gasteiger partial charge in [-0.3, -0.25) is 19.4 Å². The first-order valence-electron chi connectivity index (χ1n) is 12.4. The van der Waals surface area contributed by atoms with Crippen molar-refractivity contribution in [3.8, 4) is 12.3 Å². The van der Waals surface area contributed by atoms with Crippen LogP contribution >= 0.6 is 12.2 Å². The van der Waals surface area contributed by atoms with E-state index in [4.69, 9.17) is 23.7 Å². The van der Waals surface area contributed by atoms with Gasteiger partial charge in [0.2, 0.25) is 0 Å². The van der Waals surface area contributed by atoms with Crippen LogP contribution in [0.1, 0.15) is 49.0 Å². The van der Waals surface area contributed by atoms with E-state index in [0.717, 1.165) is 11.3 Å². The summed E-state index contributed by atoms with van der Waals surface area (Å²) in [6, 6.07) is 12.0. The lowest BCUT2D eigenvalue weighted by Gasteiger charge is -2.39. The molecule has 4 N–H and O–H groups in total. The topological polar surface area (TPSA) is 147 Å². The highest BCUT2D eigenvalue weighted by Gasteiger charge is 2.44. The first-order chi connectivity index (χ1) is 18.6. The lowest BCUT2D eigenvalue weighted by Crippen LogP contribution is -2.57. The fraction of sp³-hybridized carbons (Fsp3) is 0.321. The van der Waals surface area contributed by atoms with Gasteiger partial charge >= 0.3 is 11.9 Å². The number of terminal acetylenes is 1. The predicted octanol–water partition coefficient (Wildman–Crippen LogP) is 3.79. The van der Waals surface area contributed by atoms with Crippen LogP contribution in [0.2, 0.25) is 0 Å². The summed E-state index contributed by atoms with van der Waals surface area (Å²) in [5, 5.41) is 19.6. The number of rotatable bonds is 12. The molecule has 204 valence electrons. The van der Waals surface area contributed by atoms with Crippen LogP contribution in [-0.4, -0.2) is 61.6 Å². The number of nitrogens with one attached hydrogen (secondary N) is 2. The summed E-state index contributed by atoms with van der Waals surface area (Å²) >= 11 is 5.02.